The number of fused-ring (bicyclic) bond motifs is 1. The first-order valence-corrected chi connectivity index (χ1v) is 12.0. The van der Waals surface area contributed by atoms with Crippen molar-refractivity contribution in [3.8, 4) is 11.3 Å². The summed E-state index contributed by atoms with van der Waals surface area (Å²) in [7, 11) is 0. The quantitative estimate of drug-likeness (QED) is 0.457. The number of rotatable bonds is 6. The van der Waals surface area contributed by atoms with Crippen molar-refractivity contribution in [2.24, 2.45) is 5.92 Å². The van der Waals surface area contributed by atoms with E-state index in [-0.39, 0.29) is 11.9 Å². The van der Waals surface area contributed by atoms with Crippen LogP contribution in [0.4, 0.5) is 5.95 Å². The van der Waals surface area contributed by atoms with Crippen LogP contribution in [-0.4, -0.2) is 49.3 Å². The molecule has 0 unspecified atom stereocenters. The Morgan fingerprint density at radius 1 is 1.09 bits per heavy atom. The number of aryl methyl sites for hydroxylation is 1. The van der Waals surface area contributed by atoms with E-state index in [2.05, 4.69) is 29.1 Å². The molecule has 0 spiro atoms. The number of imidazole rings is 1. The summed E-state index contributed by atoms with van der Waals surface area (Å²) in [4.78, 5) is 29.8. The van der Waals surface area contributed by atoms with Crippen LogP contribution in [0.2, 0.25) is 0 Å². The predicted molar refractivity (Wildman–Crippen MR) is 134 cm³/mol. The molecule has 3 aromatic heterocycles. The molecule has 174 valence electrons. The van der Waals surface area contributed by atoms with Gasteiger partial charge in [-0.1, -0.05) is 50.2 Å². The third-order valence-corrected chi connectivity index (χ3v) is 6.74. The van der Waals surface area contributed by atoms with Gasteiger partial charge in [0.05, 0.1) is 6.04 Å². The van der Waals surface area contributed by atoms with Crippen LogP contribution in [0.25, 0.3) is 16.9 Å². The van der Waals surface area contributed by atoms with Crippen LogP contribution >= 0.6 is 0 Å². The molecule has 7 nitrogen and oxygen atoms in total. The number of nitrogens with zero attached hydrogens (tertiary/aromatic N) is 5. The summed E-state index contributed by atoms with van der Waals surface area (Å²) in [6, 6.07) is 15.8. The fourth-order valence-electron chi connectivity index (χ4n) is 4.77. The predicted octanol–water partition coefficient (Wildman–Crippen LogP) is 4.71. The van der Waals surface area contributed by atoms with Crippen LogP contribution in [0.15, 0.2) is 67.1 Å². The fraction of sp³-hybridized carbons (Fsp3) is 0.333. The zero-order valence-electron chi connectivity index (χ0n) is 19.7. The number of hydrogen-bond acceptors (Lipinski definition) is 5. The van der Waals surface area contributed by atoms with Gasteiger partial charge >= 0.3 is 0 Å². The minimum absolute atomic E-state index is 0.0122. The first kappa shape index (κ1) is 22.1. The number of carbonyl (C=O) groups is 1. The number of pyridine rings is 1. The molecule has 1 amide bonds. The van der Waals surface area contributed by atoms with Gasteiger partial charge in [0.15, 0.2) is 0 Å². The van der Waals surface area contributed by atoms with Crippen molar-refractivity contribution in [1.82, 2.24) is 24.3 Å². The summed E-state index contributed by atoms with van der Waals surface area (Å²) in [6.07, 6.45) is 8.62. The van der Waals surface area contributed by atoms with Crippen LogP contribution in [0.3, 0.4) is 0 Å². The lowest BCUT2D eigenvalue weighted by Crippen LogP contribution is -2.51. The van der Waals surface area contributed by atoms with Crippen LogP contribution in [0.5, 0.6) is 0 Å². The highest BCUT2D eigenvalue weighted by Crippen LogP contribution is 2.30. The average molecular weight is 455 g/mol. The monoisotopic (exact) mass is 454 g/mol. The summed E-state index contributed by atoms with van der Waals surface area (Å²) in [5.41, 5.74) is 4.16. The Kier molecular flexibility index (Phi) is 6.25. The zero-order chi connectivity index (χ0) is 23.5. The highest BCUT2D eigenvalue weighted by Gasteiger charge is 2.35. The SMILES string of the molecule is CCc1cnc(NC[C@@H]2[C@H](C)CCCN2C(=O)c2c(-c3ccccc3)nc3ccccn23)nc1. The van der Waals surface area contributed by atoms with E-state index in [0.29, 0.717) is 24.1 Å². The Morgan fingerprint density at radius 2 is 1.85 bits per heavy atom. The lowest BCUT2D eigenvalue weighted by molar-refractivity contribution is 0.0533. The van der Waals surface area contributed by atoms with Gasteiger partial charge in [0.25, 0.3) is 5.91 Å². The number of nitrogens with one attached hydrogen (secondary N) is 1. The number of aromatic nitrogens is 4. The minimum atomic E-state index is 0.0122. The van der Waals surface area contributed by atoms with Gasteiger partial charge in [-0.3, -0.25) is 9.20 Å². The first-order chi connectivity index (χ1) is 16.7. The van der Waals surface area contributed by atoms with Crippen LogP contribution in [0.1, 0.15) is 42.7 Å². The van der Waals surface area contributed by atoms with Crippen molar-refractivity contribution in [2.75, 3.05) is 18.4 Å². The standard InChI is InChI=1S/C27H30N6O/c1-3-20-16-28-27(29-17-20)30-18-22-19(2)10-9-15-32(22)26(34)25-24(21-11-5-4-6-12-21)31-23-13-7-8-14-33(23)25/h4-8,11-14,16-17,19,22H,3,9-10,15,18H2,1-2H3,(H,28,29,30)/t19-,22-/m1/s1. The molecule has 0 radical (unpaired) electrons. The van der Waals surface area contributed by atoms with Crippen LogP contribution < -0.4 is 5.32 Å². The highest BCUT2D eigenvalue weighted by atomic mass is 16.2. The van der Waals surface area contributed by atoms with E-state index in [9.17, 15) is 4.79 Å². The highest BCUT2D eigenvalue weighted by molar-refractivity contribution is 6.00. The van der Waals surface area contributed by atoms with E-state index in [1.807, 2.05) is 76.4 Å². The second-order valence-corrected chi connectivity index (χ2v) is 8.94. The summed E-state index contributed by atoms with van der Waals surface area (Å²) in [6.45, 7) is 5.64. The number of hydrogen-bond donors (Lipinski definition) is 1. The van der Waals surface area contributed by atoms with Crippen molar-refractivity contribution >= 4 is 17.5 Å². The number of amides is 1. The zero-order valence-corrected chi connectivity index (χ0v) is 19.7. The van der Waals surface area contributed by atoms with Gasteiger partial charge in [0.2, 0.25) is 5.95 Å². The molecule has 4 heterocycles. The molecule has 2 atom stereocenters. The number of carbonyl (C=O) groups excluding carboxylic acids is 1. The molecule has 5 rings (SSSR count). The summed E-state index contributed by atoms with van der Waals surface area (Å²) >= 11 is 0. The van der Waals surface area contributed by atoms with E-state index in [1.165, 1.54) is 0 Å². The van der Waals surface area contributed by atoms with Crippen molar-refractivity contribution in [2.45, 2.75) is 39.2 Å². The molecule has 1 N–H and O–H groups in total. The molecule has 4 aromatic rings. The summed E-state index contributed by atoms with van der Waals surface area (Å²) in [5.74, 6) is 0.972. The Bertz CT molecular complexity index is 1270. The van der Waals surface area contributed by atoms with Gasteiger partial charge in [0, 0.05) is 37.2 Å². The lowest BCUT2D eigenvalue weighted by atomic mass is 9.90. The van der Waals surface area contributed by atoms with Gasteiger partial charge in [-0.25, -0.2) is 15.0 Å². The number of likely N-dealkylation sites (tertiary alicyclic amines) is 1. The molecule has 0 aliphatic carbocycles. The van der Waals surface area contributed by atoms with Crippen molar-refractivity contribution in [3.63, 3.8) is 0 Å². The van der Waals surface area contributed by atoms with Gasteiger partial charge in [-0.05, 0) is 42.9 Å². The summed E-state index contributed by atoms with van der Waals surface area (Å²) < 4.78 is 1.92. The molecule has 1 fully saturated rings. The summed E-state index contributed by atoms with van der Waals surface area (Å²) in [5, 5.41) is 3.37. The second-order valence-electron chi connectivity index (χ2n) is 8.94. The van der Waals surface area contributed by atoms with Gasteiger partial charge < -0.3 is 10.2 Å². The molecule has 1 aliphatic rings. The van der Waals surface area contributed by atoms with E-state index in [0.717, 1.165) is 48.3 Å². The van der Waals surface area contributed by atoms with Gasteiger partial charge in [-0.2, -0.15) is 0 Å². The maximum Gasteiger partial charge on any atom is 0.273 e. The third-order valence-electron chi connectivity index (χ3n) is 6.74. The largest absolute Gasteiger partial charge is 0.352 e. The molecule has 1 saturated heterocycles. The Balaban J connectivity index is 1.47. The maximum atomic E-state index is 14.1. The van der Waals surface area contributed by atoms with E-state index >= 15 is 0 Å². The van der Waals surface area contributed by atoms with Gasteiger partial charge in [-0.15, -0.1) is 0 Å². The normalized spacial score (nSPS) is 18.2. The second kappa shape index (κ2) is 9.63. The molecular formula is C27H30N6O. The van der Waals surface area contributed by atoms with Crippen molar-refractivity contribution in [1.29, 1.82) is 0 Å². The molecule has 0 saturated carbocycles. The van der Waals surface area contributed by atoms with E-state index in [4.69, 9.17) is 4.98 Å². The molecular weight excluding hydrogens is 424 g/mol. The Hall–Kier alpha value is -3.74. The average Bonchev–Trinajstić information content (AvgIpc) is 3.28. The molecule has 34 heavy (non-hydrogen) atoms. The lowest BCUT2D eigenvalue weighted by Gasteiger charge is -2.40. The van der Waals surface area contributed by atoms with Crippen LogP contribution in [0, 0.1) is 5.92 Å². The number of anilines is 1. The maximum absolute atomic E-state index is 14.1. The number of benzene rings is 1. The van der Waals surface area contributed by atoms with Crippen molar-refractivity contribution < 1.29 is 4.79 Å². The molecule has 1 aromatic carbocycles. The third kappa shape index (κ3) is 4.25. The molecule has 0 bridgehead atoms. The van der Waals surface area contributed by atoms with E-state index < -0.39 is 0 Å². The minimum Gasteiger partial charge on any atom is -0.352 e. The topological polar surface area (TPSA) is 75.4 Å². The smallest absolute Gasteiger partial charge is 0.273 e. The number of piperidine rings is 1. The molecule has 7 heteroatoms. The van der Waals surface area contributed by atoms with Crippen molar-refractivity contribution in [3.05, 3.63) is 78.4 Å². The molecule has 1 aliphatic heterocycles. The van der Waals surface area contributed by atoms with Gasteiger partial charge in [0.1, 0.15) is 17.0 Å². The fourth-order valence-corrected chi connectivity index (χ4v) is 4.77. The van der Waals surface area contributed by atoms with E-state index in [1.54, 1.807) is 0 Å². The van der Waals surface area contributed by atoms with Crippen LogP contribution in [-0.2, 0) is 6.42 Å². The first-order valence-electron chi connectivity index (χ1n) is 12.0. The Morgan fingerprint density at radius 3 is 2.62 bits per heavy atom. The Labute approximate surface area is 199 Å².